The SMILES string of the molecule is COC(=O)Cc1ccc(OCCc2cccc(O)c2)cc1. The van der Waals surface area contributed by atoms with Crippen molar-refractivity contribution in [3.8, 4) is 11.5 Å². The Hall–Kier alpha value is -2.49. The van der Waals surface area contributed by atoms with E-state index in [2.05, 4.69) is 4.74 Å². The molecule has 0 saturated heterocycles. The van der Waals surface area contributed by atoms with Crippen molar-refractivity contribution >= 4 is 5.97 Å². The molecule has 0 unspecified atom stereocenters. The van der Waals surface area contributed by atoms with E-state index in [0.29, 0.717) is 6.61 Å². The van der Waals surface area contributed by atoms with Crippen LogP contribution >= 0.6 is 0 Å². The number of methoxy groups -OCH3 is 1. The van der Waals surface area contributed by atoms with Crippen molar-refractivity contribution in [3.63, 3.8) is 0 Å². The zero-order valence-corrected chi connectivity index (χ0v) is 11.9. The smallest absolute Gasteiger partial charge is 0.309 e. The summed E-state index contributed by atoms with van der Waals surface area (Å²) in [6.07, 6.45) is 0.985. The third kappa shape index (κ3) is 4.84. The summed E-state index contributed by atoms with van der Waals surface area (Å²) in [5.74, 6) is 0.760. The van der Waals surface area contributed by atoms with Crippen molar-refractivity contribution in [2.75, 3.05) is 13.7 Å². The van der Waals surface area contributed by atoms with Gasteiger partial charge in [-0.25, -0.2) is 0 Å². The Balaban J connectivity index is 1.82. The molecule has 1 N–H and O–H groups in total. The van der Waals surface area contributed by atoms with Gasteiger partial charge in [-0.15, -0.1) is 0 Å². The molecule has 110 valence electrons. The van der Waals surface area contributed by atoms with Gasteiger partial charge in [0.25, 0.3) is 0 Å². The maximum Gasteiger partial charge on any atom is 0.309 e. The molecule has 4 heteroatoms. The summed E-state index contributed by atoms with van der Waals surface area (Å²) in [7, 11) is 1.38. The molecule has 0 aliphatic carbocycles. The van der Waals surface area contributed by atoms with Gasteiger partial charge in [0.15, 0.2) is 0 Å². The van der Waals surface area contributed by atoms with Gasteiger partial charge in [0.05, 0.1) is 20.1 Å². The fourth-order valence-electron chi connectivity index (χ4n) is 1.94. The van der Waals surface area contributed by atoms with Crippen LogP contribution in [-0.2, 0) is 22.4 Å². The van der Waals surface area contributed by atoms with E-state index in [1.54, 1.807) is 12.1 Å². The normalized spacial score (nSPS) is 10.1. The number of phenolic OH excluding ortho intramolecular Hbond substituents is 1. The molecule has 0 aliphatic heterocycles. The Morgan fingerprint density at radius 1 is 1.10 bits per heavy atom. The van der Waals surface area contributed by atoms with Crippen LogP contribution < -0.4 is 4.74 Å². The molecule has 0 spiro atoms. The minimum Gasteiger partial charge on any atom is -0.508 e. The first-order chi connectivity index (χ1) is 10.2. The lowest BCUT2D eigenvalue weighted by molar-refractivity contribution is -0.139. The van der Waals surface area contributed by atoms with E-state index >= 15 is 0 Å². The van der Waals surface area contributed by atoms with Crippen molar-refractivity contribution in [2.24, 2.45) is 0 Å². The summed E-state index contributed by atoms with van der Waals surface area (Å²) >= 11 is 0. The zero-order chi connectivity index (χ0) is 15.1. The van der Waals surface area contributed by atoms with E-state index in [0.717, 1.165) is 23.3 Å². The van der Waals surface area contributed by atoms with Gasteiger partial charge in [0.1, 0.15) is 11.5 Å². The largest absolute Gasteiger partial charge is 0.508 e. The third-order valence-corrected chi connectivity index (χ3v) is 3.07. The van der Waals surface area contributed by atoms with Crippen molar-refractivity contribution in [2.45, 2.75) is 12.8 Å². The summed E-state index contributed by atoms with van der Waals surface area (Å²) in [6, 6.07) is 14.5. The predicted molar refractivity (Wildman–Crippen MR) is 79.5 cm³/mol. The van der Waals surface area contributed by atoms with Gasteiger partial charge in [-0.3, -0.25) is 4.79 Å². The fraction of sp³-hybridized carbons (Fsp3) is 0.235. The predicted octanol–water partition coefficient (Wildman–Crippen LogP) is 2.73. The second kappa shape index (κ2) is 7.33. The van der Waals surface area contributed by atoms with E-state index < -0.39 is 0 Å². The molecule has 0 atom stereocenters. The number of phenols is 1. The second-order valence-corrected chi connectivity index (χ2v) is 4.67. The summed E-state index contributed by atoms with van der Waals surface area (Å²) in [6.45, 7) is 0.528. The first kappa shape index (κ1) is 14.9. The highest BCUT2D eigenvalue weighted by Crippen LogP contribution is 2.15. The lowest BCUT2D eigenvalue weighted by atomic mass is 10.1. The first-order valence-corrected chi connectivity index (χ1v) is 6.74. The number of hydrogen-bond donors (Lipinski definition) is 1. The van der Waals surface area contributed by atoms with Gasteiger partial charge in [0.2, 0.25) is 0 Å². The quantitative estimate of drug-likeness (QED) is 0.830. The van der Waals surface area contributed by atoms with E-state index in [-0.39, 0.29) is 18.1 Å². The molecule has 21 heavy (non-hydrogen) atoms. The Labute approximate surface area is 123 Å². The van der Waals surface area contributed by atoms with Crippen LogP contribution in [0.15, 0.2) is 48.5 Å². The Morgan fingerprint density at radius 3 is 2.52 bits per heavy atom. The third-order valence-electron chi connectivity index (χ3n) is 3.07. The van der Waals surface area contributed by atoms with Crippen LogP contribution in [-0.4, -0.2) is 24.8 Å². The number of esters is 1. The molecule has 0 fully saturated rings. The lowest BCUT2D eigenvalue weighted by Gasteiger charge is -2.07. The molecular weight excluding hydrogens is 268 g/mol. The summed E-state index contributed by atoms with van der Waals surface area (Å²) in [4.78, 5) is 11.1. The zero-order valence-electron chi connectivity index (χ0n) is 11.9. The Kier molecular flexibility index (Phi) is 5.21. The minimum atomic E-state index is -0.257. The molecule has 0 amide bonds. The van der Waals surface area contributed by atoms with E-state index in [4.69, 9.17) is 4.74 Å². The van der Waals surface area contributed by atoms with Crippen LogP contribution in [0.5, 0.6) is 11.5 Å². The van der Waals surface area contributed by atoms with E-state index in [1.807, 2.05) is 36.4 Å². The molecule has 2 aromatic carbocycles. The lowest BCUT2D eigenvalue weighted by Crippen LogP contribution is -2.04. The van der Waals surface area contributed by atoms with Crippen LogP contribution in [0.25, 0.3) is 0 Å². The van der Waals surface area contributed by atoms with Gasteiger partial charge in [-0.2, -0.15) is 0 Å². The first-order valence-electron chi connectivity index (χ1n) is 6.74. The van der Waals surface area contributed by atoms with Crippen LogP contribution in [0.4, 0.5) is 0 Å². The average molecular weight is 286 g/mol. The topological polar surface area (TPSA) is 55.8 Å². The molecule has 0 bridgehead atoms. The Morgan fingerprint density at radius 2 is 1.86 bits per heavy atom. The van der Waals surface area contributed by atoms with Crippen LogP contribution in [0.1, 0.15) is 11.1 Å². The number of benzene rings is 2. The number of hydrogen-bond acceptors (Lipinski definition) is 4. The molecule has 0 aliphatic rings. The molecule has 0 aromatic heterocycles. The van der Waals surface area contributed by atoms with E-state index in [1.165, 1.54) is 7.11 Å². The van der Waals surface area contributed by atoms with Crippen molar-refractivity contribution < 1.29 is 19.4 Å². The highest BCUT2D eigenvalue weighted by molar-refractivity contribution is 5.72. The summed E-state index contributed by atoms with van der Waals surface area (Å²) < 4.78 is 10.3. The molecular formula is C17H18O4. The maximum atomic E-state index is 11.1. The summed E-state index contributed by atoms with van der Waals surface area (Å²) in [5.41, 5.74) is 1.92. The molecule has 0 saturated carbocycles. The molecule has 0 heterocycles. The van der Waals surface area contributed by atoms with Gasteiger partial charge < -0.3 is 14.6 Å². The minimum absolute atomic E-state index is 0.257. The van der Waals surface area contributed by atoms with Gasteiger partial charge >= 0.3 is 5.97 Å². The number of rotatable bonds is 6. The van der Waals surface area contributed by atoms with Gasteiger partial charge in [0, 0.05) is 6.42 Å². The maximum absolute atomic E-state index is 11.1. The molecule has 2 rings (SSSR count). The summed E-state index contributed by atoms with van der Waals surface area (Å²) in [5, 5.41) is 9.37. The van der Waals surface area contributed by atoms with Crippen LogP contribution in [0.2, 0.25) is 0 Å². The number of ether oxygens (including phenoxy) is 2. The number of carbonyl (C=O) groups excluding carboxylic acids is 1. The highest BCUT2D eigenvalue weighted by Gasteiger charge is 2.03. The van der Waals surface area contributed by atoms with Crippen LogP contribution in [0, 0.1) is 0 Å². The van der Waals surface area contributed by atoms with Crippen molar-refractivity contribution in [3.05, 3.63) is 59.7 Å². The molecule has 0 radical (unpaired) electrons. The number of aromatic hydroxyl groups is 1. The average Bonchev–Trinajstić information content (AvgIpc) is 2.49. The fourth-order valence-corrected chi connectivity index (χ4v) is 1.94. The second-order valence-electron chi connectivity index (χ2n) is 4.67. The number of carbonyl (C=O) groups is 1. The van der Waals surface area contributed by atoms with Crippen LogP contribution in [0.3, 0.4) is 0 Å². The van der Waals surface area contributed by atoms with Crippen molar-refractivity contribution in [1.29, 1.82) is 0 Å². The van der Waals surface area contributed by atoms with Crippen molar-refractivity contribution in [1.82, 2.24) is 0 Å². The van der Waals surface area contributed by atoms with E-state index in [9.17, 15) is 9.90 Å². The highest BCUT2D eigenvalue weighted by atomic mass is 16.5. The van der Waals surface area contributed by atoms with Gasteiger partial charge in [-0.1, -0.05) is 24.3 Å². The Bertz CT molecular complexity index is 590. The molecule has 4 nitrogen and oxygen atoms in total. The van der Waals surface area contributed by atoms with Gasteiger partial charge in [-0.05, 0) is 35.4 Å². The monoisotopic (exact) mass is 286 g/mol. The standard InChI is InChI=1S/C17H18O4/c1-20-17(19)12-14-5-7-16(8-6-14)21-10-9-13-3-2-4-15(18)11-13/h2-8,11,18H,9-10,12H2,1H3. The molecule has 2 aromatic rings.